The van der Waals surface area contributed by atoms with Crippen molar-refractivity contribution < 1.29 is 9.59 Å². The second kappa shape index (κ2) is 12.9. The Bertz CT molecular complexity index is 1090. The summed E-state index contributed by atoms with van der Waals surface area (Å²) in [5, 5.41) is 3.97. The summed E-state index contributed by atoms with van der Waals surface area (Å²) in [6.07, 6.45) is 2.03. The molecule has 1 unspecified atom stereocenters. The van der Waals surface area contributed by atoms with Crippen molar-refractivity contribution in [2.45, 2.75) is 68.7 Å². The van der Waals surface area contributed by atoms with Crippen molar-refractivity contribution in [2.24, 2.45) is 11.7 Å². The molecule has 2 amide bonds. The highest BCUT2D eigenvalue weighted by molar-refractivity contribution is 7.99. The van der Waals surface area contributed by atoms with E-state index in [4.69, 9.17) is 28.9 Å². The van der Waals surface area contributed by atoms with Gasteiger partial charge in [-0.3, -0.25) is 14.5 Å². The third-order valence-electron chi connectivity index (χ3n) is 7.12. The first-order valence-electron chi connectivity index (χ1n) is 12.9. The molecule has 3 N–H and O–H groups in total. The second-order valence-corrected chi connectivity index (χ2v) is 12.3. The van der Waals surface area contributed by atoms with Gasteiger partial charge >= 0.3 is 0 Å². The molecule has 2 fully saturated rings. The normalized spacial score (nSPS) is 23.1. The molecule has 0 saturated carbocycles. The molecule has 2 aliphatic heterocycles. The zero-order valence-corrected chi connectivity index (χ0v) is 23.7. The molecule has 0 radical (unpaired) electrons. The molecule has 2 aliphatic rings. The molecule has 0 spiro atoms. The van der Waals surface area contributed by atoms with Crippen LogP contribution < -0.4 is 11.1 Å². The van der Waals surface area contributed by atoms with E-state index >= 15 is 0 Å². The van der Waals surface area contributed by atoms with E-state index in [1.807, 2.05) is 40.9 Å². The van der Waals surface area contributed by atoms with Crippen LogP contribution in [0.15, 0.2) is 53.4 Å². The van der Waals surface area contributed by atoms with Crippen LogP contribution >= 0.6 is 35.0 Å². The molecule has 37 heavy (non-hydrogen) atoms. The summed E-state index contributed by atoms with van der Waals surface area (Å²) in [6.45, 7) is 5.75. The predicted molar refractivity (Wildman–Crippen MR) is 152 cm³/mol. The Morgan fingerprint density at radius 3 is 2.62 bits per heavy atom. The number of halogens is 2. The number of amides is 2. The van der Waals surface area contributed by atoms with E-state index in [-0.39, 0.29) is 35.9 Å². The molecule has 4 atom stereocenters. The zero-order chi connectivity index (χ0) is 26.5. The Balaban J connectivity index is 1.50. The minimum Gasteiger partial charge on any atom is -0.350 e. The van der Waals surface area contributed by atoms with Gasteiger partial charge in [-0.15, -0.1) is 11.8 Å². The van der Waals surface area contributed by atoms with Crippen LogP contribution in [-0.2, 0) is 16.1 Å². The van der Waals surface area contributed by atoms with Gasteiger partial charge in [0.2, 0.25) is 11.8 Å². The van der Waals surface area contributed by atoms with E-state index in [0.717, 1.165) is 17.7 Å². The van der Waals surface area contributed by atoms with Gasteiger partial charge in [0.25, 0.3) is 0 Å². The van der Waals surface area contributed by atoms with Crippen molar-refractivity contribution >= 4 is 46.8 Å². The average molecular weight is 564 g/mol. The second-order valence-electron chi connectivity index (χ2n) is 10.4. The van der Waals surface area contributed by atoms with Gasteiger partial charge in [-0.1, -0.05) is 61.3 Å². The first-order chi connectivity index (χ1) is 17.7. The SMILES string of the molecule is CC(C)C[C@H](C(=O)NCc1ccc(Cl)c(Cl)c1)N1CCC(CSc2ccccc2)N2C[C@H](N)C[C@H]2C1=O. The van der Waals surface area contributed by atoms with Crippen molar-refractivity contribution in [3.8, 4) is 0 Å². The molecule has 4 rings (SSSR count). The van der Waals surface area contributed by atoms with Crippen LogP contribution in [0.25, 0.3) is 0 Å². The van der Waals surface area contributed by atoms with E-state index in [9.17, 15) is 9.59 Å². The minimum absolute atomic E-state index is 0.0236. The van der Waals surface area contributed by atoms with Crippen LogP contribution in [-0.4, -0.2) is 64.6 Å². The van der Waals surface area contributed by atoms with Crippen molar-refractivity contribution in [3.05, 3.63) is 64.1 Å². The van der Waals surface area contributed by atoms with Crippen molar-refractivity contribution in [3.63, 3.8) is 0 Å². The van der Waals surface area contributed by atoms with Crippen molar-refractivity contribution in [2.75, 3.05) is 18.8 Å². The van der Waals surface area contributed by atoms with Crippen LogP contribution in [0.1, 0.15) is 38.7 Å². The van der Waals surface area contributed by atoms with E-state index in [2.05, 4.69) is 36.2 Å². The molecule has 0 aromatic heterocycles. The van der Waals surface area contributed by atoms with Crippen LogP contribution in [0.5, 0.6) is 0 Å². The fourth-order valence-corrected chi connectivity index (χ4v) is 6.69. The molecule has 0 bridgehead atoms. The number of benzene rings is 2. The van der Waals surface area contributed by atoms with Gasteiger partial charge in [-0.25, -0.2) is 0 Å². The van der Waals surface area contributed by atoms with Crippen molar-refractivity contribution in [1.82, 2.24) is 15.1 Å². The van der Waals surface area contributed by atoms with E-state index in [1.165, 1.54) is 4.90 Å². The van der Waals surface area contributed by atoms with Crippen LogP contribution in [0.2, 0.25) is 10.0 Å². The molecule has 2 aromatic carbocycles. The van der Waals surface area contributed by atoms with Crippen LogP contribution in [0.4, 0.5) is 0 Å². The average Bonchev–Trinajstić information content (AvgIpc) is 3.22. The summed E-state index contributed by atoms with van der Waals surface area (Å²) in [7, 11) is 0. The molecular formula is C28H36Cl2N4O2S. The Morgan fingerprint density at radius 1 is 1.16 bits per heavy atom. The van der Waals surface area contributed by atoms with Crippen molar-refractivity contribution in [1.29, 1.82) is 0 Å². The predicted octanol–water partition coefficient (Wildman–Crippen LogP) is 4.82. The Kier molecular flexibility index (Phi) is 9.81. The highest BCUT2D eigenvalue weighted by Crippen LogP contribution is 2.31. The van der Waals surface area contributed by atoms with Gasteiger partial charge in [0, 0.05) is 42.4 Å². The van der Waals surface area contributed by atoms with Crippen LogP contribution in [0, 0.1) is 5.92 Å². The molecule has 200 valence electrons. The maximum Gasteiger partial charge on any atom is 0.243 e. The number of thioether (sulfide) groups is 1. The number of fused-ring (bicyclic) bond motifs is 1. The molecule has 2 aromatic rings. The first kappa shape index (κ1) is 28.2. The van der Waals surface area contributed by atoms with E-state index in [0.29, 0.717) is 42.5 Å². The molecule has 2 saturated heterocycles. The van der Waals surface area contributed by atoms with Gasteiger partial charge in [-0.2, -0.15) is 0 Å². The molecule has 6 nitrogen and oxygen atoms in total. The summed E-state index contributed by atoms with van der Waals surface area (Å²) in [4.78, 5) is 32.7. The third kappa shape index (κ3) is 7.21. The number of hydrogen-bond donors (Lipinski definition) is 2. The highest BCUT2D eigenvalue weighted by Gasteiger charge is 2.45. The number of carbonyl (C=O) groups is 2. The number of carbonyl (C=O) groups excluding carboxylic acids is 2. The largest absolute Gasteiger partial charge is 0.350 e. The third-order valence-corrected chi connectivity index (χ3v) is 9.02. The number of nitrogens with one attached hydrogen (secondary N) is 1. The van der Waals surface area contributed by atoms with Crippen LogP contribution in [0.3, 0.4) is 0 Å². The number of nitrogens with two attached hydrogens (primary N) is 1. The summed E-state index contributed by atoms with van der Waals surface area (Å²) in [5.41, 5.74) is 7.22. The quantitative estimate of drug-likeness (QED) is 0.428. The Labute approximate surface area is 234 Å². The number of nitrogens with zero attached hydrogens (tertiary/aromatic N) is 2. The lowest BCUT2D eigenvalue weighted by Crippen LogP contribution is -2.53. The topological polar surface area (TPSA) is 78.7 Å². The maximum atomic E-state index is 13.9. The minimum atomic E-state index is -0.533. The molecule has 9 heteroatoms. The summed E-state index contributed by atoms with van der Waals surface area (Å²) in [5.74, 6) is 1.02. The standard InChI is InChI=1S/C28H36Cl2N4O2S/c1-18(2)12-25(27(35)32-15-19-8-9-23(29)24(30)13-19)33-11-10-21(17-37-22-6-4-3-5-7-22)34-16-20(31)14-26(34)28(33)36/h3-9,13,18,20-21,25-26H,10-12,14-17,31H2,1-2H3,(H,32,35)/t20-,21?,25-,26+/m1/s1. The summed E-state index contributed by atoms with van der Waals surface area (Å²) in [6, 6.07) is 15.0. The highest BCUT2D eigenvalue weighted by atomic mass is 35.5. The van der Waals surface area contributed by atoms with Gasteiger partial charge in [-0.05, 0) is 55.0 Å². The number of hydrogen-bond acceptors (Lipinski definition) is 5. The van der Waals surface area contributed by atoms with Gasteiger partial charge < -0.3 is 16.0 Å². The lowest BCUT2D eigenvalue weighted by atomic mass is 10.00. The zero-order valence-electron chi connectivity index (χ0n) is 21.4. The van der Waals surface area contributed by atoms with Gasteiger partial charge in [0.1, 0.15) is 6.04 Å². The first-order valence-corrected chi connectivity index (χ1v) is 14.7. The Morgan fingerprint density at radius 2 is 1.92 bits per heavy atom. The molecule has 2 heterocycles. The Hall–Kier alpha value is -1.77. The van der Waals surface area contributed by atoms with E-state index < -0.39 is 6.04 Å². The lowest BCUT2D eigenvalue weighted by molar-refractivity contribution is -0.143. The maximum absolute atomic E-state index is 13.9. The summed E-state index contributed by atoms with van der Waals surface area (Å²) < 4.78 is 0. The lowest BCUT2D eigenvalue weighted by Gasteiger charge is -2.33. The van der Waals surface area contributed by atoms with E-state index in [1.54, 1.807) is 12.1 Å². The monoisotopic (exact) mass is 562 g/mol. The molecule has 0 aliphatic carbocycles. The van der Waals surface area contributed by atoms with Gasteiger partial charge in [0.15, 0.2) is 0 Å². The fourth-order valence-electron chi connectivity index (χ4n) is 5.27. The van der Waals surface area contributed by atoms with Gasteiger partial charge in [0.05, 0.1) is 16.1 Å². The molecular weight excluding hydrogens is 527 g/mol. The smallest absolute Gasteiger partial charge is 0.243 e. The number of rotatable bonds is 9. The summed E-state index contributed by atoms with van der Waals surface area (Å²) >= 11 is 14.0. The fraction of sp³-hybridized carbons (Fsp3) is 0.500.